The molecule has 1 aliphatic rings. The van der Waals surface area contributed by atoms with Crippen LogP contribution in [0.4, 0.5) is 16.0 Å². The molecule has 48 heavy (non-hydrogen) atoms. The third kappa shape index (κ3) is 8.29. The van der Waals surface area contributed by atoms with Crippen molar-refractivity contribution in [3.63, 3.8) is 0 Å². The van der Waals surface area contributed by atoms with E-state index in [0.29, 0.717) is 30.7 Å². The van der Waals surface area contributed by atoms with Gasteiger partial charge in [-0.05, 0) is 48.4 Å². The van der Waals surface area contributed by atoms with Crippen molar-refractivity contribution in [2.45, 2.75) is 20.1 Å². The van der Waals surface area contributed by atoms with Crippen molar-refractivity contribution in [3.8, 4) is 23.1 Å². The van der Waals surface area contributed by atoms with E-state index in [4.69, 9.17) is 14.2 Å². The molecule has 3 heterocycles. The highest BCUT2D eigenvalue weighted by Crippen LogP contribution is 2.26. The molecular formula is C37H40FN7O3. The van der Waals surface area contributed by atoms with Gasteiger partial charge in [0.15, 0.2) is 5.82 Å². The Balaban J connectivity index is 0.992. The molecule has 1 N–H and O–H groups in total. The average molecular weight is 650 g/mol. The van der Waals surface area contributed by atoms with Gasteiger partial charge in [0.25, 0.3) is 0 Å². The summed E-state index contributed by atoms with van der Waals surface area (Å²) in [6.45, 7) is 7.13. The molecule has 0 amide bonds. The van der Waals surface area contributed by atoms with E-state index in [1.165, 1.54) is 6.07 Å². The zero-order valence-corrected chi connectivity index (χ0v) is 27.5. The predicted molar refractivity (Wildman–Crippen MR) is 186 cm³/mol. The summed E-state index contributed by atoms with van der Waals surface area (Å²) in [7, 11) is 3.29. The summed E-state index contributed by atoms with van der Waals surface area (Å²) in [5.74, 6) is 3.05. The Labute approximate surface area is 280 Å². The Morgan fingerprint density at radius 1 is 0.854 bits per heavy atom. The van der Waals surface area contributed by atoms with Crippen molar-refractivity contribution in [2.24, 2.45) is 0 Å². The van der Waals surface area contributed by atoms with Gasteiger partial charge in [0.05, 0.1) is 26.1 Å². The molecule has 0 bridgehead atoms. The quantitative estimate of drug-likeness (QED) is 0.161. The number of anilines is 2. The topological polar surface area (TPSA) is 89.8 Å². The molecule has 0 aliphatic carbocycles. The molecule has 0 atom stereocenters. The maximum Gasteiger partial charge on any atom is 0.224 e. The Kier molecular flexibility index (Phi) is 10.5. The number of ether oxygens (including phenoxy) is 3. The lowest BCUT2D eigenvalue weighted by Gasteiger charge is -2.35. The molecule has 1 aliphatic heterocycles. The smallest absolute Gasteiger partial charge is 0.224 e. The number of hydrogen-bond acceptors (Lipinski definition) is 9. The van der Waals surface area contributed by atoms with Crippen LogP contribution in [-0.2, 0) is 13.2 Å². The molecule has 10 nitrogen and oxygen atoms in total. The maximum atomic E-state index is 14.5. The average Bonchev–Trinajstić information content (AvgIpc) is 3.50. The van der Waals surface area contributed by atoms with Gasteiger partial charge in [-0.15, -0.1) is 0 Å². The van der Waals surface area contributed by atoms with E-state index in [2.05, 4.69) is 42.3 Å². The van der Waals surface area contributed by atoms with Crippen LogP contribution in [0.25, 0.3) is 11.9 Å². The van der Waals surface area contributed by atoms with Crippen molar-refractivity contribution in [3.05, 3.63) is 119 Å². The summed E-state index contributed by atoms with van der Waals surface area (Å²) >= 11 is 0. The van der Waals surface area contributed by atoms with Crippen LogP contribution in [0.5, 0.6) is 17.2 Å². The van der Waals surface area contributed by atoms with Crippen molar-refractivity contribution in [2.75, 3.05) is 57.2 Å². The first kappa shape index (κ1) is 32.5. The van der Waals surface area contributed by atoms with Crippen LogP contribution < -0.4 is 24.4 Å². The fourth-order valence-corrected chi connectivity index (χ4v) is 5.51. The lowest BCUT2D eigenvalue weighted by atomic mass is 10.2. The largest absolute Gasteiger partial charge is 0.497 e. The minimum absolute atomic E-state index is 0.304. The van der Waals surface area contributed by atoms with Crippen LogP contribution in [0.15, 0.2) is 91.3 Å². The van der Waals surface area contributed by atoms with Gasteiger partial charge < -0.3 is 24.4 Å². The predicted octanol–water partition coefficient (Wildman–Crippen LogP) is 6.15. The van der Waals surface area contributed by atoms with Gasteiger partial charge in [-0.1, -0.05) is 36.4 Å². The van der Waals surface area contributed by atoms with Crippen LogP contribution in [0.2, 0.25) is 0 Å². The van der Waals surface area contributed by atoms with Crippen LogP contribution in [-0.4, -0.2) is 71.6 Å². The zero-order valence-electron chi connectivity index (χ0n) is 27.5. The maximum absolute atomic E-state index is 14.5. The van der Waals surface area contributed by atoms with E-state index in [1.807, 2.05) is 78.5 Å². The molecule has 0 radical (unpaired) electrons. The molecule has 11 heteroatoms. The van der Waals surface area contributed by atoms with Gasteiger partial charge in [0.2, 0.25) is 5.95 Å². The second kappa shape index (κ2) is 15.4. The van der Waals surface area contributed by atoms with Crippen LogP contribution in [0.3, 0.4) is 0 Å². The Morgan fingerprint density at radius 3 is 2.27 bits per heavy atom. The third-order valence-corrected chi connectivity index (χ3v) is 8.33. The monoisotopic (exact) mass is 649 g/mol. The number of aromatic nitrogens is 4. The molecule has 2 aromatic heterocycles. The minimum atomic E-state index is -0.304. The van der Waals surface area contributed by atoms with Gasteiger partial charge in [0.1, 0.15) is 29.7 Å². The fourth-order valence-electron chi connectivity index (χ4n) is 5.51. The lowest BCUT2D eigenvalue weighted by molar-refractivity contribution is 0.283. The molecule has 248 valence electrons. The number of hydrogen-bond donors (Lipinski definition) is 1. The van der Waals surface area contributed by atoms with Crippen LogP contribution in [0, 0.1) is 12.7 Å². The lowest BCUT2D eigenvalue weighted by Crippen LogP contribution is -2.46. The van der Waals surface area contributed by atoms with E-state index in [-0.39, 0.29) is 5.82 Å². The van der Waals surface area contributed by atoms with Gasteiger partial charge in [-0.3, -0.25) is 4.90 Å². The Hall–Kier alpha value is -5.42. The standard InChI is InChI=1S/C37H40FN7O3/c1-27-30(25-41-45(27)36-14-15-39-37(42-36)40-24-28-6-10-33(46-2)11-7-28)5-4-16-43-17-19-44(20-18-43)32-21-31(38)22-35(23-32)48-26-29-8-12-34(47-3)13-9-29/h4-15,21-23,25H,16-20,24,26H2,1-3H3,(H,39,40,42). The first-order chi connectivity index (χ1) is 23.5. The van der Waals surface area contributed by atoms with Crippen molar-refractivity contribution < 1.29 is 18.6 Å². The Bertz CT molecular complexity index is 1820. The van der Waals surface area contributed by atoms with E-state index in [0.717, 1.165) is 72.3 Å². The van der Waals surface area contributed by atoms with Gasteiger partial charge in [-0.25, -0.2) is 14.1 Å². The molecule has 0 saturated carbocycles. The highest BCUT2D eigenvalue weighted by molar-refractivity contribution is 5.53. The minimum Gasteiger partial charge on any atom is -0.497 e. The number of rotatable bonds is 13. The van der Waals surface area contributed by atoms with Crippen molar-refractivity contribution in [1.29, 1.82) is 0 Å². The number of benzene rings is 3. The van der Waals surface area contributed by atoms with Crippen molar-refractivity contribution in [1.82, 2.24) is 24.6 Å². The van der Waals surface area contributed by atoms with Gasteiger partial charge in [-0.2, -0.15) is 10.1 Å². The molecule has 3 aromatic carbocycles. The summed E-state index contributed by atoms with van der Waals surface area (Å²) < 4.78 is 32.7. The van der Waals surface area contributed by atoms with E-state index >= 15 is 0 Å². The van der Waals surface area contributed by atoms with E-state index in [1.54, 1.807) is 26.5 Å². The first-order valence-electron chi connectivity index (χ1n) is 15.9. The summed E-state index contributed by atoms with van der Waals surface area (Å²) in [6, 6.07) is 22.3. The molecule has 5 aromatic rings. The highest BCUT2D eigenvalue weighted by Gasteiger charge is 2.18. The second-order valence-corrected chi connectivity index (χ2v) is 11.5. The first-order valence-corrected chi connectivity index (χ1v) is 15.9. The summed E-state index contributed by atoms with van der Waals surface area (Å²) in [5.41, 5.74) is 4.95. The normalized spacial score (nSPS) is 13.5. The number of nitrogens with zero attached hydrogens (tertiary/aromatic N) is 6. The number of halogens is 1. The SMILES string of the molecule is COc1ccc(CNc2nccc(-n3ncc(C=CCN4CCN(c5cc(F)cc(OCc6ccc(OC)cc6)c5)CC4)c3C)n2)cc1. The summed E-state index contributed by atoms with van der Waals surface area (Å²) in [5, 5.41) is 7.88. The molecule has 0 unspecified atom stereocenters. The van der Waals surface area contributed by atoms with Crippen LogP contribution in [0.1, 0.15) is 22.4 Å². The second-order valence-electron chi connectivity index (χ2n) is 11.5. The van der Waals surface area contributed by atoms with Gasteiger partial charge >= 0.3 is 0 Å². The highest BCUT2D eigenvalue weighted by atomic mass is 19.1. The molecule has 6 rings (SSSR count). The zero-order chi connectivity index (χ0) is 33.3. The van der Waals surface area contributed by atoms with E-state index < -0.39 is 0 Å². The van der Waals surface area contributed by atoms with Gasteiger partial charge in [0, 0.05) is 74.9 Å². The molecule has 0 spiro atoms. The van der Waals surface area contributed by atoms with E-state index in [9.17, 15) is 4.39 Å². The van der Waals surface area contributed by atoms with Crippen molar-refractivity contribution >= 4 is 17.7 Å². The molecular weight excluding hydrogens is 609 g/mol. The third-order valence-electron chi connectivity index (χ3n) is 8.33. The van der Waals surface area contributed by atoms with Crippen LogP contribution >= 0.6 is 0 Å². The Morgan fingerprint density at radius 2 is 1.56 bits per heavy atom. The molecule has 1 fully saturated rings. The summed E-state index contributed by atoms with van der Waals surface area (Å²) in [6.07, 6.45) is 7.86. The number of piperazine rings is 1. The number of nitrogens with one attached hydrogen (secondary N) is 1. The molecule has 1 saturated heterocycles. The number of methoxy groups -OCH3 is 2. The summed E-state index contributed by atoms with van der Waals surface area (Å²) in [4.78, 5) is 13.6. The fraction of sp³-hybridized carbons (Fsp3) is 0.270.